The molecule has 9 heteroatoms. The fourth-order valence-corrected chi connectivity index (χ4v) is 4.67. The average Bonchev–Trinajstić information content (AvgIpc) is 3.11. The molecular weight excluding hydrogens is 346 g/mol. The van der Waals surface area contributed by atoms with Crippen LogP contribution in [0, 0.1) is 10.1 Å². The lowest BCUT2D eigenvalue weighted by Crippen LogP contribution is -2.36. The van der Waals surface area contributed by atoms with Crippen LogP contribution in [0.1, 0.15) is 25.7 Å². The SMILES string of the molecule is O=C1N[C@@H]2[C@@H](CS[C@@H]2CCCCC(=O)Oc2ccccc2[N+](=O)[O-])N1. The molecule has 1 aromatic rings. The number of fused-ring (bicyclic) bond motifs is 1. The summed E-state index contributed by atoms with van der Waals surface area (Å²) in [5, 5.41) is 17.1. The van der Waals surface area contributed by atoms with E-state index in [-0.39, 0.29) is 36.0 Å². The van der Waals surface area contributed by atoms with E-state index in [9.17, 15) is 19.7 Å². The Kier molecular flexibility index (Phi) is 5.42. The summed E-state index contributed by atoms with van der Waals surface area (Å²) >= 11 is 1.83. The van der Waals surface area contributed by atoms with Crippen molar-refractivity contribution in [3.05, 3.63) is 34.4 Å². The van der Waals surface area contributed by atoms with Crippen molar-refractivity contribution < 1.29 is 19.2 Å². The molecule has 0 bridgehead atoms. The molecule has 0 unspecified atom stereocenters. The molecule has 3 rings (SSSR count). The number of benzene rings is 1. The van der Waals surface area contributed by atoms with Gasteiger partial charge in [0.1, 0.15) is 0 Å². The second-order valence-electron chi connectivity index (χ2n) is 6.07. The van der Waals surface area contributed by atoms with E-state index in [2.05, 4.69) is 10.6 Å². The molecule has 0 radical (unpaired) electrons. The van der Waals surface area contributed by atoms with Gasteiger partial charge in [0.2, 0.25) is 5.75 Å². The summed E-state index contributed by atoms with van der Waals surface area (Å²) in [7, 11) is 0. The molecule has 134 valence electrons. The van der Waals surface area contributed by atoms with Gasteiger partial charge in [-0.3, -0.25) is 14.9 Å². The molecule has 2 saturated heterocycles. The lowest BCUT2D eigenvalue weighted by Gasteiger charge is -2.16. The van der Waals surface area contributed by atoms with Crippen molar-refractivity contribution in [2.24, 2.45) is 0 Å². The van der Waals surface area contributed by atoms with Crippen LogP contribution in [-0.2, 0) is 4.79 Å². The van der Waals surface area contributed by atoms with E-state index < -0.39 is 10.9 Å². The Morgan fingerprint density at radius 2 is 2.12 bits per heavy atom. The first-order chi connectivity index (χ1) is 12.0. The van der Waals surface area contributed by atoms with E-state index in [4.69, 9.17) is 4.74 Å². The number of nitro benzene ring substituents is 1. The predicted molar refractivity (Wildman–Crippen MR) is 92.7 cm³/mol. The van der Waals surface area contributed by atoms with Crippen molar-refractivity contribution in [2.45, 2.75) is 43.0 Å². The third-order valence-corrected chi connectivity index (χ3v) is 5.85. The van der Waals surface area contributed by atoms with E-state index in [0.29, 0.717) is 11.7 Å². The molecule has 3 atom stereocenters. The van der Waals surface area contributed by atoms with Gasteiger partial charge in [-0.25, -0.2) is 4.79 Å². The first kappa shape index (κ1) is 17.5. The van der Waals surface area contributed by atoms with E-state index in [1.807, 2.05) is 11.8 Å². The normalized spacial score (nSPS) is 24.3. The van der Waals surface area contributed by atoms with Crippen molar-refractivity contribution in [2.75, 3.05) is 5.75 Å². The molecule has 25 heavy (non-hydrogen) atoms. The third-order valence-electron chi connectivity index (χ3n) is 4.34. The highest BCUT2D eigenvalue weighted by Gasteiger charge is 2.42. The molecule has 2 N–H and O–H groups in total. The standard InChI is InChI=1S/C16H19N3O5S/c20-14(24-12-6-2-1-5-11(12)19(22)23)8-4-3-7-13-15-10(9-25-13)17-16(21)18-15/h1-2,5-6,10,13,15H,3-4,7-9H2,(H2,17,18,21)/t10-,13-,15-/m1/s1. The van der Waals surface area contributed by atoms with Gasteiger partial charge < -0.3 is 15.4 Å². The summed E-state index contributed by atoms with van der Waals surface area (Å²) < 4.78 is 5.11. The molecule has 8 nitrogen and oxygen atoms in total. The second-order valence-corrected chi connectivity index (χ2v) is 7.34. The Labute approximate surface area is 148 Å². The van der Waals surface area contributed by atoms with E-state index in [1.165, 1.54) is 18.2 Å². The highest BCUT2D eigenvalue weighted by Crippen LogP contribution is 2.33. The van der Waals surface area contributed by atoms with Crippen molar-refractivity contribution in [3.63, 3.8) is 0 Å². The summed E-state index contributed by atoms with van der Waals surface area (Å²) in [4.78, 5) is 33.6. The molecular formula is C16H19N3O5S. The van der Waals surface area contributed by atoms with Gasteiger partial charge in [-0.2, -0.15) is 11.8 Å². The fourth-order valence-electron chi connectivity index (χ4n) is 3.13. The van der Waals surface area contributed by atoms with E-state index in [0.717, 1.165) is 18.6 Å². The summed E-state index contributed by atoms with van der Waals surface area (Å²) in [6, 6.07) is 6.10. The monoisotopic (exact) mass is 365 g/mol. The number of ether oxygens (including phenoxy) is 1. The van der Waals surface area contributed by atoms with Gasteiger partial charge in [-0.15, -0.1) is 0 Å². The number of nitro groups is 1. The molecule has 0 spiro atoms. The summed E-state index contributed by atoms with van der Waals surface area (Å²) in [6.45, 7) is 0. The Hall–Kier alpha value is -2.29. The number of hydrogen-bond donors (Lipinski definition) is 2. The molecule has 0 saturated carbocycles. The number of urea groups is 1. The number of nitrogens with one attached hydrogen (secondary N) is 2. The van der Waals surface area contributed by atoms with Crippen molar-refractivity contribution in [1.29, 1.82) is 0 Å². The minimum atomic E-state index is -0.569. The Bertz CT molecular complexity index is 683. The Balaban J connectivity index is 1.40. The maximum Gasteiger partial charge on any atom is 0.315 e. The third kappa shape index (κ3) is 4.22. The quantitative estimate of drug-likeness (QED) is 0.191. The number of nitrogens with zero attached hydrogens (tertiary/aromatic N) is 1. The maximum atomic E-state index is 11.9. The number of amides is 2. The van der Waals surface area contributed by atoms with Gasteiger partial charge in [0, 0.05) is 23.5 Å². The van der Waals surface area contributed by atoms with Crippen molar-refractivity contribution in [3.8, 4) is 5.75 Å². The van der Waals surface area contributed by atoms with Crippen LogP contribution >= 0.6 is 11.8 Å². The lowest BCUT2D eigenvalue weighted by atomic mass is 10.0. The highest BCUT2D eigenvalue weighted by molar-refractivity contribution is 8.00. The Morgan fingerprint density at radius 1 is 1.32 bits per heavy atom. The second kappa shape index (κ2) is 7.73. The molecule has 2 aliphatic heterocycles. The highest BCUT2D eigenvalue weighted by atomic mass is 32.2. The van der Waals surface area contributed by atoms with Gasteiger partial charge >= 0.3 is 17.7 Å². The topological polar surface area (TPSA) is 111 Å². The number of para-hydroxylation sites is 2. The number of carbonyl (C=O) groups excluding carboxylic acids is 2. The lowest BCUT2D eigenvalue weighted by molar-refractivity contribution is -0.385. The van der Waals surface area contributed by atoms with Gasteiger partial charge in [0.25, 0.3) is 0 Å². The number of esters is 1. The molecule has 2 fully saturated rings. The maximum absolute atomic E-state index is 11.9. The molecule has 0 aliphatic carbocycles. The molecule has 2 heterocycles. The van der Waals surface area contributed by atoms with Crippen molar-refractivity contribution >= 4 is 29.4 Å². The van der Waals surface area contributed by atoms with Crippen LogP contribution in [-0.4, -0.2) is 40.0 Å². The fraction of sp³-hybridized carbons (Fsp3) is 0.500. The minimum absolute atomic E-state index is 0.0218. The van der Waals surface area contributed by atoms with Crippen molar-refractivity contribution in [1.82, 2.24) is 10.6 Å². The number of carbonyl (C=O) groups is 2. The van der Waals surface area contributed by atoms with E-state index >= 15 is 0 Å². The zero-order valence-corrected chi connectivity index (χ0v) is 14.3. The van der Waals surface area contributed by atoms with Crippen LogP contribution in [0.25, 0.3) is 0 Å². The number of thioether (sulfide) groups is 1. The summed E-state index contributed by atoms with van der Waals surface area (Å²) in [5.74, 6) is 0.418. The predicted octanol–water partition coefficient (Wildman–Crippen LogP) is 2.23. The molecule has 2 aliphatic rings. The molecule has 2 amide bonds. The largest absolute Gasteiger partial charge is 0.419 e. The van der Waals surface area contributed by atoms with Crippen LogP contribution < -0.4 is 15.4 Å². The number of unbranched alkanes of at least 4 members (excludes halogenated alkanes) is 1. The molecule has 1 aromatic carbocycles. The van der Waals surface area contributed by atoms with Crippen LogP contribution in [0.4, 0.5) is 10.5 Å². The first-order valence-corrected chi connectivity index (χ1v) is 9.22. The number of rotatable bonds is 7. The van der Waals surface area contributed by atoms with Crippen LogP contribution in [0.5, 0.6) is 5.75 Å². The summed E-state index contributed by atoms with van der Waals surface area (Å²) in [5.41, 5.74) is -0.214. The summed E-state index contributed by atoms with van der Waals surface area (Å²) in [6.07, 6.45) is 2.60. The number of hydrogen-bond acceptors (Lipinski definition) is 6. The average molecular weight is 365 g/mol. The van der Waals surface area contributed by atoms with Gasteiger partial charge in [-0.05, 0) is 18.9 Å². The first-order valence-electron chi connectivity index (χ1n) is 8.17. The van der Waals surface area contributed by atoms with Gasteiger partial charge in [0.15, 0.2) is 0 Å². The zero-order chi connectivity index (χ0) is 17.8. The van der Waals surface area contributed by atoms with Gasteiger partial charge in [0.05, 0.1) is 17.0 Å². The van der Waals surface area contributed by atoms with Crippen LogP contribution in [0.2, 0.25) is 0 Å². The Morgan fingerprint density at radius 3 is 2.92 bits per heavy atom. The molecule has 0 aromatic heterocycles. The van der Waals surface area contributed by atoms with E-state index in [1.54, 1.807) is 6.07 Å². The smallest absolute Gasteiger partial charge is 0.315 e. The van der Waals surface area contributed by atoms with Crippen LogP contribution in [0.3, 0.4) is 0 Å². The minimum Gasteiger partial charge on any atom is -0.419 e. The zero-order valence-electron chi connectivity index (χ0n) is 13.5. The van der Waals surface area contributed by atoms with Gasteiger partial charge in [-0.1, -0.05) is 18.6 Å². The van der Waals surface area contributed by atoms with Crippen LogP contribution in [0.15, 0.2) is 24.3 Å².